The molecule has 1 aromatic carbocycles. The van der Waals surface area contributed by atoms with Gasteiger partial charge in [0.1, 0.15) is 16.1 Å². The van der Waals surface area contributed by atoms with Gasteiger partial charge in [-0.3, -0.25) is 4.79 Å². The van der Waals surface area contributed by atoms with Gasteiger partial charge in [0.2, 0.25) is 5.91 Å². The highest BCUT2D eigenvalue weighted by Crippen LogP contribution is 2.35. The predicted octanol–water partition coefficient (Wildman–Crippen LogP) is 4.36. The van der Waals surface area contributed by atoms with Crippen LogP contribution in [-0.4, -0.2) is 39.7 Å². The number of rotatable bonds is 5. The zero-order valence-electron chi connectivity index (χ0n) is 16.0. The summed E-state index contributed by atoms with van der Waals surface area (Å²) in [5, 5.41) is 4.76. The molecule has 6 nitrogen and oxygen atoms in total. The Morgan fingerprint density at radius 1 is 1.32 bits per heavy atom. The summed E-state index contributed by atoms with van der Waals surface area (Å²) < 4.78 is 0.962. The molecular formula is C20H23N5OS2. The maximum Gasteiger partial charge on any atom is 0.234 e. The van der Waals surface area contributed by atoms with Crippen LogP contribution in [0.3, 0.4) is 0 Å². The summed E-state index contributed by atoms with van der Waals surface area (Å²) in [5.41, 5.74) is 2.65. The lowest BCUT2D eigenvalue weighted by atomic mass is 10.00. The van der Waals surface area contributed by atoms with Crippen molar-refractivity contribution in [3.63, 3.8) is 0 Å². The first-order valence-corrected chi connectivity index (χ1v) is 11.2. The normalized spacial score (nSPS) is 15.1. The minimum Gasteiger partial charge on any atom is -0.348 e. The number of carbonyl (C=O) groups excluding carboxylic acids is 1. The number of anilines is 2. The highest BCUT2D eigenvalue weighted by molar-refractivity contribution is 8.00. The highest BCUT2D eigenvalue weighted by atomic mass is 32.2. The first-order chi connectivity index (χ1) is 13.6. The second kappa shape index (κ2) is 8.45. The number of amides is 1. The Balaban J connectivity index is 1.44. The lowest BCUT2D eigenvalue weighted by Crippen LogP contribution is -2.32. The predicted molar refractivity (Wildman–Crippen MR) is 116 cm³/mol. The van der Waals surface area contributed by atoms with Crippen LogP contribution in [0.1, 0.15) is 25.3 Å². The van der Waals surface area contributed by atoms with Gasteiger partial charge in [-0.2, -0.15) is 4.98 Å². The van der Waals surface area contributed by atoms with Gasteiger partial charge in [-0.25, -0.2) is 9.97 Å². The molecule has 3 heterocycles. The van der Waals surface area contributed by atoms with Crippen LogP contribution in [-0.2, 0) is 4.79 Å². The number of piperidine rings is 1. The molecule has 1 aliphatic heterocycles. The minimum absolute atomic E-state index is 0.0443. The first kappa shape index (κ1) is 19.1. The van der Waals surface area contributed by atoms with E-state index in [9.17, 15) is 4.79 Å². The molecule has 3 aromatic rings. The number of hydrogen-bond acceptors (Lipinski definition) is 7. The summed E-state index contributed by atoms with van der Waals surface area (Å²) in [5.74, 6) is 1.04. The molecule has 0 bridgehead atoms. The third-order valence-electron chi connectivity index (χ3n) is 4.84. The Bertz CT molecular complexity index is 982. The number of benzene rings is 1. The molecule has 1 amide bonds. The smallest absolute Gasteiger partial charge is 0.234 e. The number of thioether (sulfide) groups is 1. The molecule has 0 spiro atoms. The van der Waals surface area contributed by atoms with Crippen LogP contribution in [0.15, 0.2) is 35.6 Å². The van der Waals surface area contributed by atoms with E-state index in [-0.39, 0.29) is 5.91 Å². The van der Waals surface area contributed by atoms with Crippen molar-refractivity contribution >= 4 is 50.2 Å². The van der Waals surface area contributed by atoms with Crippen LogP contribution in [0, 0.1) is 12.8 Å². The SMILES string of the molecule is Cc1cccc(NC(=O)CSc2ncnc3nc(N4CCC(C)CC4)sc23)c1. The van der Waals surface area contributed by atoms with Crippen LogP contribution < -0.4 is 10.2 Å². The lowest BCUT2D eigenvalue weighted by Gasteiger charge is -2.29. The molecule has 0 unspecified atom stereocenters. The van der Waals surface area contributed by atoms with Gasteiger partial charge in [-0.15, -0.1) is 0 Å². The molecule has 1 N–H and O–H groups in total. The van der Waals surface area contributed by atoms with E-state index in [1.54, 1.807) is 11.3 Å². The van der Waals surface area contributed by atoms with Gasteiger partial charge in [-0.05, 0) is 43.4 Å². The number of aryl methyl sites for hydroxylation is 1. The summed E-state index contributed by atoms with van der Waals surface area (Å²) in [6.45, 7) is 6.38. The first-order valence-electron chi connectivity index (χ1n) is 9.44. The average molecular weight is 414 g/mol. The van der Waals surface area contributed by atoms with Crippen molar-refractivity contribution in [2.45, 2.75) is 31.7 Å². The summed E-state index contributed by atoms with van der Waals surface area (Å²) >= 11 is 3.06. The van der Waals surface area contributed by atoms with E-state index in [0.29, 0.717) is 5.75 Å². The zero-order chi connectivity index (χ0) is 19.5. The highest BCUT2D eigenvalue weighted by Gasteiger charge is 2.20. The Kier molecular flexibility index (Phi) is 5.77. The summed E-state index contributed by atoms with van der Waals surface area (Å²) in [6.07, 6.45) is 3.93. The van der Waals surface area contributed by atoms with E-state index in [4.69, 9.17) is 4.98 Å². The van der Waals surface area contributed by atoms with Crippen LogP contribution in [0.5, 0.6) is 0 Å². The summed E-state index contributed by atoms with van der Waals surface area (Å²) in [6, 6.07) is 7.80. The van der Waals surface area contributed by atoms with Crippen molar-refractivity contribution in [1.82, 2.24) is 15.0 Å². The van der Waals surface area contributed by atoms with E-state index in [1.165, 1.54) is 30.9 Å². The van der Waals surface area contributed by atoms with Crippen LogP contribution in [0.25, 0.3) is 10.3 Å². The maximum absolute atomic E-state index is 12.3. The number of nitrogens with zero attached hydrogens (tertiary/aromatic N) is 4. The Morgan fingerprint density at radius 2 is 2.14 bits per heavy atom. The van der Waals surface area contributed by atoms with Crippen LogP contribution >= 0.6 is 23.1 Å². The van der Waals surface area contributed by atoms with Gasteiger partial charge in [-0.1, -0.05) is 42.2 Å². The molecular weight excluding hydrogens is 390 g/mol. The van der Waals surface area contributed by atoms with Gasteiger partial charge in [0.25, 0.3) is 0 Å². The van der Waals surface area contributed by atoms with Crippen molar-refractivity contribution in [3.05, 3.63) is 36.2 Å². The average Bonchev–Trinajstić information content (AvgIpc) is 3.12. The van der Waals surface area contributed by atoms with Crippen molar-refractivity contribution in [1.29, 1.82) is 0 Å². The minimum atomic E-state index is -0.0443. The van der Waals surface area contributed by atoms with Crippen LogP contribution in [0.2, 0.25) is 0 Å². The monoisotopic (exact) mass is 413 g/mol. The number of hydrogen-bond donors (Lipinski definition) is 1. The second-order valence-electron chi connectivity index (χ2n) is 7.20. The third kappa shape index (κ3) is 4.44. The van der Waals surface area contributed by atoms with Crippen molar-refractivity contribution in [3.8, 4) is 0 Å². The fourth-order valence-corrected chi connectivity index (χ4v) is 5.16. The topological polar surface area (TPSA) is 71.0 Å². The molecule has 0 radical (unpaired) electrons. The van der Waals surface area contributed by atoms with Crippen molar-refractivity contribution < 1.29 is 4.79 Å². The van der Waals surface area contributed by atoms with Gasteiger partial charge < -0.3 is 10.2 Å². The van der Waals surface area contributed by atoms with E-state index < -0.39 is 0 Å². The molecule has 1 saturated heterocycles. The van der Waals surface area contributed by atoms with Gasteiger partial charge in [0, 0.05) is 18.8 Å². The van der Waals surface area contributed by atoms with Gasteiger partial charge >= 0.3 is 0 Å². The molecule has 0 saturated carbocycles. The largest absolute Gasteiger partial charge is 0.348 e. The molecule has 146 valence electrons. The van der Waals surface area contributed by atoms with E-state index in [0.717, 1.165) is 50.8 Å². The zero-order valence-corrected chi connectivity index (χ0v) is 17.6. The fraction of sp³-hybridized carbons (Fsp3) is 0.400. The Hall–Kier alpha value is -2.19. The van der Waals surface area contributed by atoms with Crippen molar-refractivity contribution in [2.24, 2.45) is 5.92 Å². The van der Waals surface area contributed by atoms with Gasteiger partial charge in [0.15, 0.2) is 10.8 Å². The molecule has 0 aliphatic carbocycles. The Labute approximate surface area is 172 Å². The second-order valence-corrected chi connectivity index (χ2v) is 9.15. The maximum atomic E-state index is 12.3. The van der Waals surface area contributed by atoms with Crippen molar-refractivity contribution in [2.75, 3.05) is 29.1 Å². The lowest BCUT2D eigenvalue weighted by molar-refractivity contribution is -0.113. The fourth-order valence-electron chi connectivity index (χ4n) is 3.21. The number of nitrogens with one attached hydrogen (secondary N) is 1. The number of thiazole rings is 1. The molecule has 1 aliphatic rings. The van der Waals surface area contributed by atoms with E-state index >= 15 is 0 Å². The molecule has 1 fully saturated rings. The molecule has 4 rings (SSSR count). The molecule has 28 heavy (non-hydrogen) atoms. The molecule has 0 atom stereocenters. The quantitative estimate of drug-likeness (QED) is 0.495. The van der Waals surface area contributed by atoms with Crippen LogP contribution in [0.4, 0.5) is 10.8 Å². The number of aromatic nitrogens is 3. The number of fused-ring (bicyclic) bond motifs is 1. The third-order valence-corrected chi connectivity index (χ3v) is 7.07. The van der Waals surface area contributed by atoms with E-state index in [2.05, 4.69) is 27.1 Å². The summed E-state index contributed by atoms with van der Waals surface area (Å²) in [7, 11) is 0. The summed E-state index contributed by atoms with van der Waals surface area (Å²) in [4.78, 5) is 28.1. The van der Waals surface area contributed by atoms with Gasteiger partial charge in [0.05, 0.1) is 5.75 Å². The molecule has 2 aromatic heterocycles. The van der Waals surface area contributed by atoms with E-state index in [1.807, 2.05) is 31.2 Å². The molecule has 8 heteroatoms. The Morgan fingerprint density at radius 3 is 2.93 bits per heavy atom. The number of carbonyl (C=O) groups is 1. The standard InChI is InChI=1S/C20H23N5OS2/c1-13-6-8-25(9-7-13)20-24-18-17(28-20)19(22-12-21-18)27-11-16(26)23-15-5-3-4-14(2)10-15/h3-5,10,12-13H,6-9,11H2,1-2H3,(H,23,26).